The Kier molecular flexibility index (Phi) is 11.0. The summed E-state index contributed by atoms with van der Waals surface area (Å²) in [6.07, 6.45) is 1.12. The van der Waals surface area contributed by atoms with Crippen LogP contribution in [-0.4, -0.2) is 56.8 Å². The molecule has 0 radical (unpaired) electrons. The third-order valence-electron chi connectivity index (χ3n) is 3.89. The molecule has 1 heterocycles. The van der Waals surface area contributed by atoms with Gasteiger partial charge in [0.25, 0.3) is 0 Å². The van der Waals surface area contributed by atoms with E-state index in [0.717, 1.165) is 58.3 Å². The monoisotopic (exact) mass is 446 g/mol. The predicted molar refractivity (Wildman–Crippen MR) is 111 cm³/mol. The molecule has 1 aliphatic rings. The van der Waals surface area contributed by atoms with E-state index < -0.39 is 0 Å². The summed E-state index contributed by atoms with van der Waals surface area (Å²) in [6, 6.07) is 8.51. The van der Waals surface area contributed by atoms with Crippen molar-refractivity contribution >= 4 is 29.9 Å². The number of rotatable bonds is 7. The van der Waals surface area contributed by atoms with E-state index in [1.54, 1.807) is 0 Å². The van der Waals surface area contributed by atoms with E-state index >= 15 is 0 Å². The number of halogens is 1. The Balaban J connectivity index is 0.00000288. The summed E-state index contributed by atoms with van der Waals surface area (Å²) >= 11 is 0. The molecule has 6 heteroatoms. The molecular weight excluding hydrogens is 415 g/mol. The van der Waals surface area contributed by atoms with E-state index in [4.69, 9.17) is 4.74 Å². The lowest BCUT2D eigenvalue weighted by Crippen LogP contribution is -2.40. The molecule has 2 rings (SSSR count). The second-order valence-electron chi connectivity index (χ2n) is 5.92. The van der Waals surface area contributed by atoms with Crippen LogP contribution in [0.3, 0.4) is 0 Å². The van der Waals surface area contributed by atoms with Crippen LogP contribution in [0.25, 0.3) is 0 Å². The number of benzene rings is 1. The highest BCUT2D eigenvalue weighted by Gasteiger charge is 2.09. The first-order chi connectivity index (χ1) is 11.3. The molecule has 2 N–H and O–H groups in total. The number of guanidine groups is 1. The highest BCUT2D eigenvalue weighted by molar-refractivity contribution is 14.0. The Morgan fingerprint density at radius 1 is 1.25 bits per heavy atom. The molecule has 5 nitrogen and oxygen atoms in total. The molecule has 1 aromatic rings. The van der Waals surface area contributed by atoms with Gasteiger partial charge in [0.1, 0.15) is 0 Å². The van der Waals surface area contributed by atoms with Crippen molar-refractivity contribution in [3.63, 3.8) is 0 Å². The molecule has 0 atom stereocenters. The molecule has 0 amide bonds. The average molecular weight is 446 g/mol. The average Bonchev–Trinajstić information content (AvgIpc) is 2.57. The molecule has 0 aromatic heterocycles. The minimum absolute atomic E-state index is 0. The summed E-state index contributed by atoms with van der Waals surface area (Å²) < 4.78 is 5.37. The Morgan fingerprint density at radius 3 is 2.75 bits per heavy atom. The first-order valence-corrected chi connectivity index (χ1v) is 8.66. The zero-order chi connectivity index (χ0) is 16.3. The number of aliphatic imine (C=N–C) groups is 1. The molecule has 24 heavy (non-hydrogen) atoms. The SMILES string of the molecule is CCNC(=NCc1cccc(C)c1)NCCCN1CCOCC1.I. The van der Waals surface area contributed by atoms with Crippen LogP contribution in [-0.2, 0) is 11.3 Å². The van der Waals surface area contributed by atoms with Crippen LogP contribution >= 0.6 is 24.0 Å². The molecule has 0 spiro atoms. The van der Waals surface area contributed by atoms with Gasteiger partial charge < -0.3 is 15.4 Å². The molecule has 0 bridgehead atoms. The van der Waals surface area contributed by atoms with Crippen molar-refractivity contribution in [3.8, 4) is 0 Å². The van der Waals surface area contributed by atoms with Gasteiger partial charge in [-0.2, -0.15) is 0 Å². The van der Waals surface area contributed by atoms with Gasteiger partial charge in [-0.3, -0.25) is 4.90 Å². The predicted octanol–water partition coefficient (Wildman–Crippen LogP) is 2.39. The number of hydrogen-bond acceptors (Lipinski definition) is 3. The minimum Gasteiger partial charge on any atom is -0.379 e. The highest BCUT2D eigenvalue weighted by Crippen LogP contribution is 2.05. The maximum atomic E-state index is 5.37. The van der Waals surface area contributed by atoms with Crippen LogP contribution in [0.4, 0.5) is 0 Å². The first-order valence-electron chi connectivity index (χ1n) is 8.66. The number of nitrogens with one attached hydrogen (secondary N) is 2. The van der Waals surface area contributed by atoms with E-state index in [0.29, 0.717) is 6.54 Å². The summed E-state index contributed by atoms with van der Waals surface area (Å²) in [5.74, 6) is 0.899. The Bertz CT molecular complexity index is 490. The standard InChI is InChI=1S/C18H30N4O.HI/c1-3-19-18(21-15-17-7-4-6-16(2)14-17)20-8-5-9-22-10-12-23-13-11-22;/h4,6-7,14H,3,5,8-13,15H2,1-2H3,(H2,19,20,21);1H. The van der Waals surface area contributed by atoms with E-state index in [1.165, 1.54) is 11.1 Å². The number of hydrogen-bond donors (Lipinski definition) is 2. The van der Waals surface area contributed by atoms with Gasteiger partial charge in [-0.1, -0.05) is 29.8 Å². The van der Waals surface area contributed by atoms with Crippen molar-refractivity contribution in [1.29, 1.82) is 0 Å². The molecule has 0 aliphatic carbocycles. The summed E-state index contributed by atoms with van der Waals surface area (Å²) in [5.41, 5.74) is 2.52. The fraction of sp³-hybridized carbons (Fsp3) is 0.611. The third-order valence-corrected chi connectivity index (χ3v) is 3.89. The van der Waals surface area contributed by atoms with Crippen LogP contribution in [0, 0.1) is 6.92 Å². The maximum absolute atomic E-state index is 5.37. The van der Waals surface area contributed by atoms with Gasteiger partial charge in [0, 0.05) is 26.2 Å². The lowest BCUT2D eigenvalue weighted by atomic mass is 10.1. The summed E-state index contributed by atoms with van der Waals surface area (Å²) in [6.45, 7) is 11.7. The Hall–Kier alpha value is -0.860. The van der Waals surface area contributed by atoms with Crippen molar-refractivity contribution in [3.05, 3.63) is 35.4 Å². The van der Waals surface area contributed by atoms with E-state index in [9.17, 15) is 0 Å². The number of aryl methyl sites for hydroxylation is 1. The first kappa shape index (κ1) is 21.2. The zero-order valence-corrected chi connectivity index (χ0v) is 17.2. The number of nitrogens with zero attached hydrogens (tertiary/aromatic N) is 2. The van der Waals surface area contributed by atoms with Gasteiger partial charge in [-0.15, -0.1) is 24.0 Å². The second kappa shape index (κ2) is 12.5. The third kappa shape index (κ3) is 8.30. The Labute approximate surface area is 163 Å². The quantitative estimate of drug-likeness (QED) is 0.292. The summed E-state index contributed by atoms with van der Waals surface area (Å²) in [5, 5.41) is 6.74. The van der Waals surface area contributed by atoms with Crippen molar-refractivity contribution in [2.45, 2.75) is 26.8 Å². The Morgan fingerprint density at radius 2 is 2.04 bits per heavy atom. The molecule has 1 fully saturated rings. The lowest BCUT2D eigenvalue weighted by molar-refractivity contribution is 0.0376. The van der Waals surface area contributed by atoms with Crippen molar-refractivity contribution in [2.24, 2.45) is 4.99 Å². The lowest BCUT2D eigenvalue weighted by Gasteiger charge is -2.26. The fourth-order valence-corrected chi connectivity index (χ4v) is 2.66. The summed E-state index contributed by atoms with van der Waals surface area (Å²) in [4.78, 5) is 7.13. The second-order valence-corrected chi connectivity index (χ2v) is 5.92. The van der Waals surface area contributed by atoms with E-state index in [-0.39, 0.29) is 24.0 Å². The number of morpholine rings is 1. The highest BCUT2D eigenvalue weighted by atomic mass is 127. The van der Waals surface area contributed by atoms with Crippen molar-refractivity contribution in [1.82, 2.24) is 15.5 Å². The molecule has 1 saturated heterocycles. The molecule has 1 aliphatic heterocycles. The maximum Gasteiger partial charge on any atom is 0.191 e. The molecule has 0 saturated carbocycles. The van der Waals surface area contributed by atoms with Gasteiger partial charge in [-0.05, 0) is 32.4 Å². The topological polar surface area (TPSA) is 48.9 Å². The van der Waals surface area contributed by atoms with Crippen LogP contribution in [0.5, 0.6) is 0 Å². The van der Waals surface area contributed by atoms with Gasteiger partial charge in [-0.25, -0.2) is 4.99 Å². The zero-order valence-electron chi connectivity index (χ0n) is 14.9. The fourth-order valence-electron chi connectivity index (χ4n) is 2.66. The largest absolute Gasteiger partial charge is 0.379 e. The van der Waals surface area contributed by atoms with Crippen LogP contribution < -0.4 is 10.6 Å². The van der Waals surface area contributed by atoms with Gasteiger partial charge >= 0.3 is 0 Å². The molecular formula is C18H31IN4O. The van der Waals surface area contributed by atoms with Gasteiger partial charge in [0.2, 0.25) is 0 Å². The van der Waals surface area contributed by atoms with Crippen LogP contribution in [0.2, 0.25) is 0 Å². The van der Waals surface area contributed by atoms with E-state index in [1.807, 2.05) is 0 Å². The van der Waals surface area contributed by atoms with Crippen molar-refractivity contribution < 1.29 is 4.74 Å². The molecule has 1 aromatic carbocycles. The van der Waals surface area contributed by atoms with Gasteiger partial charge in [0.05, 0.1) is 19.8 Å². The van der Waals surface area contributed by atoms with Crippen molar-refractivity contribution in [2.75, 3.05) is 45.9 Å². The van der Waals surface area contributed by atoms with Gasteiger partial charge in [0.15, 0.2) is 5.96 Å². The summed E-state index contributed by atoms with van der Waals surface area (Å²) in [7, 11) is 0. The molecule has 0 unspecified atom stereocenters. The smallest absolute Gasteiger partial charge is 0.191 e. The normalized spacial score (nSPS) is 15.7. The number of ether oxygens (including phenoxy) is 1. The van der Waals surface area contributed by atoms with Crippen LogP contribution in [0.15, 0.2) is 29.3 Å². The molecule has 136 valence electrons. The van der Waals surface area contributed by atoms with Crippen LogP contribution in [0.1, 0.15) is 24.5 Å². The van der Waals surface area contributed by atoms with E-state index in [2.05, 4.69) is 58.6 Å². The minimum atomic E-state index is 0.